The van der Waals surface area contributed by atoms with Crippen molar-refractivity contribution in [1.29, 1.82) is 0 Å². The van der Waals surface area contributed by atoms with Crippen LogP contribution in [-0.4, -0.2) is 36.6 Å². The Morgan fingerprint density at radius 2 is 2.19 bits per heavy atom. The van der Waals surface area contributed by atoms with Gasteiger partial charge >= 0.3 is 0 Å². The van der Waals surface area contributed by atoms with E-state index in [0.29, 0.717) is 18.1 Å². The molecule has 0 bridgehead atoms. The molecule has 1 aromatic carbocycles. The van der Waals surface area contributed by atoms with E-state index in [1.165, 1.54) is 18.9 Å². The van der Waals surface area contributed by atoms with Gasteiger partial charge < -0.3 is 9.64 Å². The molecule has 1 heterocycles. The number of benzene rings is 1. The van der Waals surface area contributed by atoms with Crippen molar-refractivity contribution in [3.05, 3.63) is 34.6 Å². The Hall–Kier alpha value is -1.13. The second-order valence-electron chi connectivity index (χ2n) is 5.90. The van der Waals surface area contributed by atoms with Gasteiger partial charge in [-0.15, -0.1) is 0 Å². The molecular formula is C16H19ClFNO2. The largest absolute Gasteiger partial charge is 0.376 e. The molecule has 2 aliphatic rings. The summed E-state index contributed by atoms with van der Waals surface area (Å²) in [6, 6.07) is 4.49. The maximum atomic E-state index is 13.7. The number of likely N-dealkylation sites (tertiary alicyclic amines) is 1. The second kappa shape index (κ2) is 6.32. The van der Waals surface area contributed by atoms with Gasteiger partial charge in [-0.1, -0.05) is 17.7 Å². The Morgan fingerprint density at radius 3 is 2.90 bits per heavy atom. The maximum Gasteiger partial charge on any atom is 0.227 e. The molecular weight excluding hydrogens is 293 g/mol. The summed E-state index contributed by atoms with van der Waals surface area (Å²) in [5.74, 6) is 0.225. The minimum atomic E-state index is -0.420. The summed E-state index contributed by atoms with van der Waals surface area (Å²) < 4.78 is 19.5. The van der Waals surface area contributed by atoms with Crippen molar-refractivity contribution >= 4 is 17.5 Å². The molecule has 1 saturated carbocycles. The van der Waals surface area contributed by atoms with Crippen LogP contribution >= 0.6 is 11.6 Å². The SMILES string of the molecule is O=C(Cc1c(F)cccc1Cl)N1CCC(OCC2CC2)C1. The summed E-state index contributed by atoms with van der Waals surface area (Å²) in [5.41, 5.74) is 0.284. The van der Waals surface area contributed by atoms with Crippen molar-refractivity contribution in [3.63, 3.8) is 0 Å². The fraction of sp³-hybridized carbons (Fsp3) is 0.562. The average molecular weight is 312 g/mol. The number of nitrogens with zero attached hydrogens (tertiary/aromatic N) is 1. The number of carbonyl (C=O) groups excluding carboxylic acids is 1. The third-order valence-corrected chi connectivity index (χ3v) is 4.51. The normalized spacial score (nSPS) is 21.8. The molecule has 114 valence electrons. The third kappa shape index (κ3) is 3.74. The molecule has 1 aromatic rings. The summed E-state index contributed by atoms with van der Waals surface area (Å²) in [6.07, 6.45) is 3.54. The first-order valence-corrected chi connectivity index (χ1v) is 7.83. The molecule has 2 fully saturated rings. The van der Waals surface area contributed by atoms with Crippen LogP contribution in [0.25, 0.3) is 0 Å². The van der Waals surface area contributed by atoms with Crippen molar-refractivity contribution < 1.29 is 13.9 Å². The standard InChI is InChI=1S/C16H19ClFNO2/c17-14-2-1-3-15(18)13(14)8-16(20)19-7-6-12(9-19)21-10-11-4-5-11/h1-3,11-12H,4-10H2. The number of halogens is 2. The fourth-order valence-corrected chi connectivity index (χ4v) is 2.84. The van der Waals surface area contributed by atoms with Crippen LogP contribution in [0.1, 0.15) is 24.8 Å². The van der Waals surface area contributed by atoms with E-state index in [2.05, 4.69) is 0 Å². The number of amides is 1. The third-order valence-electron chi connectivity index (χ3n) is 4.15. The second-order valence-corrected chi connectivity index (χ2v) is 6.31. The van der Waals surface area contributed by atoms with E-state index >= 15 is 0 Å². The predicted octanol–water partition coefficient (Wildman–Crippen LogP) is 3.05. The maximum absolute atomic E-state index is 13.7. The molecule has 5 heteroatoms. The Labute approximate surface area is 129 Å². The zero-order valence-electron chi connectivity index (χ0n) is 11.9. The molecule has 1 aliphatic heterocycles. The number of rotatable bonds is 5. The Morgan fingerprint density at radius 1 is 1.38 bits per heavy atom. The van der Waals surface area contributed by atoms with Gasteiger partial charge in [0.1, 0.15) is 5.82 Å². The van der Waals surface area contributed by atoms with Gasteiger partial charge in [0.05, 0.1) is 12.5 Å². The summed E-state index contributed by atoms with van der Waals surface area (Å²) in [4.78, 5) is 14.0. The zero-order chi connectivity index (χ0) is 14.8. The average Bonchev–Trinajstić information content (AvgIpc) is 3.17. The molecule has 0 N–H and O–H groups in total. The molecule has 0 aromatic heterocycles. The molecule has 1 saturated heterocycles. The van der Waals surface area contributed by atoms with Crippen molar-refractivity contribution in [3.8, 4) is 0 Å². The van der Waals surface area contributed by atoms with Crippen molar-refractivity contribution in [1.82, 2.24) is 4.90 Å². The van der Waals surface area contributed by atoms with Crippen molar-refractivity contribution in [2.75, 3.05) is 19.7 Å². The molecule has 1 aliphatic carbocycles. The monoisotopic (exact) mass is 311 g/mol. The highest BCUT2D eigenvalue weighted by Crippen LogP contribution is 2.30. The van der Waals surface area contributed by atoms with E-state index in [9.17, 15) is 9.18 Å². The highest BCUT2D eigenvalue weighted by molar-refractivity contribution is 6.31. The molecule has 1 atom stereocenters. The lowest BCUT2D eigenvalue weighted by molar-refractivity contribution is -0.130. The van der Waals surface area contributed by atoms with Crippen LogP contribution in [0.3, 0.4) is 0 Å². The number of hydrogen-bond donors (Lipinski definition) is 0. The number of carbonyl (C=O) groups is 1. The van der Waals surface area contributed by atoms with Crippen LogP contribution in [0.4, 0.5) is 4.39 Å². The summed E-state index contributed by atoms with van der Waals surface area (Å²) in [7, 11) is 0. The lowest BCUT2D eigenvalue weighted by atomic mass is 10.1. The first kappa shape index (κ1) is 14.8. The van der Waals surface area contributed by atoms with E-state index in [0.717, 1.165) is 18.9 Å². The summed E-state index contributed by atoms with van der Waals surface area (Å²) >= 11 is 5.97. The van der Waals surface area contributed by atoms with Gasteiger partial charge in [0.25, 0.3) is 0 Å². The topological polar surface area (TPSA) is 29.5 Å². The highest BCUT2D eigenvalue weighted by atomic mass is 35.5. The van der Waals surface area contributed by atoms with Crippen LogP contribution in [0.5, 0.6) is 0 Å². The Balaban J connectivity index is 1.53. The van der Waals surface area contributed by atoms with Gasteiger partial charge in [-0.2, -0.15) is 0 Å². The fourth-order valence-electron chi connectivity index (χ4n) is 2.61. The van der Waals surface area contributed by atoms with Gasteiger partial charge in [-0.3, -0.25) is 4.79 Å². The zero-order valence-corrected chi connectivity index (χ0v) is 12.6. The first-order chi connectivity index (χ1) is 10.1. The van der Waals surface area contributed by atoms with Gasteiger partial charge in [0.2, 0.25) is 5.91 Å². The van der Waals surface area contributed by atoms with Crippen LogP contribution < -0.4 is 0 Å². The van der Waals surface area contributed by atoms with Gasteiger partial charge in [-0.05, 0) is 37.3 Å². The van der Waals surface area contributed by atoms with E-state index in [1.54, 1.807) is 17.0 Å². The Bertz CT molecular complexity index is 513. The smallest absolute Gasteiger partial charge is 0.227 e. The van der Waals surface area contributed by atoms with Gasteiger partial charge in [0, 0.05) is 30.3 Å². The molecule has 0 spiro atoms. The lowest BCUT2D eigenvalue weighted by Crippen LogP contribution is -2.31. The molecule has 3 nitrogen and oxygen atoms in total. The van der Waals surface area contributed by atoms with Crippen molar-refractivity contribution in [2.45, 2.75) is 31.8 Å². The molecule has 1 unspecified atom stereocenters. The predicted molar refractivity (Wildman–Crippen MR) is 78.8 cm³/mol. The minimum Gasteiger partial charge on any atom is -0.376 e. The number of ether oxygens (including phenoxy) is 1. The van der Waals surface area contributed by atoms with Crippen LogP contribution in [-0.2, 0) is 16.0 Å². The Kier molecular flexibility index (Phi) is 4.45. The number of hydrogen-bond acceptors (Lipinski definition) is 2. The van der Waals surface area contributed by atoms with Crippen LogP contribution in [0.2, 0.25) is 5.02 Å². The molecule has 0 radical (unpaired) electrons. The molecule has 1 amide bonds. The van der Waals surface area contributed by atoms with E-state index in [1.807, 2.05) is 0 Å². The minimum absolute atomic E-state index is 0.0147. The van der Waals surface area contributed by atoms with Gasteiger partial charge in [-0.25, -0.2) is 4.39 Å². The lowest BCUT2D eigenvalue weighted by Gasteiger charge is -2.17. The highest BCUT2D eigenvalue weighted by Gasteiger charge is 2.29. The van der Waals surface area contributed by atoms with E-state index in [4.69, 9.17) is 16.3 Å². The first-order valence-electron chi connectivity index (χ1n) is 7.45. The van der Waals surface area contributed by atoms with E-state index < -0.39 is 5.82 Å². The molecule has 3 rings (SSSR count). The van der Waals surface area contributed by atoms with Crippen molar-refractivity contribution in [2.24, 2.45) is 5.92 Å². The van der Waals surface area contributed by atoms with Gasteiger partial charge in [0.15, 0.2) is 0 Å². The van der Waals surface area contributed by atoms with Crippen LogP contribution in [0.15, 0.2) is 18.2 Å². The molecule has 21 heavy (non-hydrogen) atoms. The van der Waals surface area contributed by atoms with Crippen LogP contribution in [0, 0.1) is 11.7 Å². The quantitative estimate of drug-likeness (QED) is 0.836. The summed E-state index contributed by atoms with van der Waals surface area (Å²) in [6.45, 7) is 2.10. The van der Waals surface area contributed by atoms with E-state index in [-0.39, 0.29) is 24.0 Å². The summed E-state index contributed by atoms with van der Waals surface area (Å²) in [5, 5.41) is 0.309.